The first-order valence-electron chi connectivity index (χ1n) is 12.0. The van der Waals surface area contributed by atoms with Crippen molar-refractivity contribution < 1.29 is 33.3 Å². The zero-order valence-electron chi connectivity index (χ0n) is 21.1. The fraction of sp³-hybridized carbons (Fsp3) is 0.560. The highest BCUT2D eigenvalue weighted by Gasteiger charge is 2.29. The average molecular weight is 537 g/mol. The van der Waals surface area contributed by atoms with Crippen molar-refractivity contribution in [3.8, 4) is 18.1 Å². The number of carbonyl (C=O) groups is 3. The molecule has 0 radical (unpaired) electrons. The van der Waals surface area contributed by atoms with Gasteiger partial charge in [-0.3, -0.25) is 9.59 Å². The van der Waals surface area contributed by atoms with Crippen LogP contribution in [0, 0.1) is 18.3 Å². The van der Waals surface area contributed by atoms with E-state index in [4.69, 9.17) is 25.4 Å². The number of amides is 4. The highest BCUT2D eigenvalue weighted by Crippen LogP contribution is 2.22. The number of benzene rings is 1. The highest BCUT2D eigenvalue weighted by atomic mass is 32.2. The normalized spacial score (nSPS) is 16.7. The van der Waals surface area contributed by atoms with Crippen LogP contribution in [0.25, 0.3) is 0 Å². The first-order valence-corrected chi connectivity index (χ1v) is 13.1. The monoisotopic (exact) mass is 536 g/mol. The fourth-order valence-corrected chi connectivity index (χ4v) is 4.43. The number of hydrogen-bond donors (Lipinski definition) is 4. The van der Waals surface area contributed by atoms with E-state index in [0.29, 0.717) is 52.5 Å². The lowest BCUT2D eigenvalue weighted by Gasteiger charge is -2.32. The molecule has 11 nitrogen and oxygen atoms in total. The van der Waals surface area contributed by atoms with E-state index in [9.17, 15) is 14.4 Å². The molecule has 1 aliphatic rings. The second-order valence-electron chi connectivity index (χ2n) is 8.03. The van der Waals surface area contributed by atoms with Gasteiger partial charge in [0.15, 0.2) is 0 Å². The van der Waals surface area contributed by atoms with Gasteiger partial charge in [-0.15, -0.1) is 18.2 Å². The summed E-state index contributed by atoms with van der Waals surface area (Å²) in [6, 6.07) is 7.19. The molecule has 1 fully saturated rings. The minimum Gasteiger partial charge on any atom is -0.497 e. The third-order valence-corrected chi connectivity index (χ3v) is 6.56. The third kappa shape index (κ3) is 13.2. The van der Waals surface area contributed by atoms with Crippen LogP contribution >= 0.6 is 11.8 Å². The number of hydrogen-bond acceptors (Lipinski definition) is 8. The molecule has 1 saturated heterocycles. The van der Waals surface area contributed by atoms with Crippen molar-refractivity contribution in [1.29, 1.82) is 0 Å². The number of rotatable bonds is 18. The van der Waals surface area contributed by atoms with Crippen LogP contribution in [-0.4, -0.2) is 88.8 Å². The van der Waals surface area contributed by atoms with Crippen LogP contribution in [0.5, 0.6) is 5.75 Å². The number of thioether (sulfide) groups is 1. The second kappa shape index (κ2) is 18.3. The zero-order chi connectivity index (χ0) is 26.7. The third-order valence-electron chi connectivity index (χ3n) is 5.27. The van der Waals surface area contributed by atoms with E-state index < -0.39 is 0 Å². The molecule has 1 aromatic rings. The lowest BCUT2D eigenvalue weighted by molar-refractivity contribution is -0.126. The maximum atomic E-state index is 12.3. The van der Waals surface area contributed by atoms with Crippen molar-refractivity contribution in [2.45, 2.75) is 18.3 Å². The highest BCUT2D eigenvalue weighted by molar-refractivity contribution is 8.00. The van der Waals surface area contributed by atoms with Crippen LogP contribution in [0.4, 0.5) is 4.79 Å². The largest absolute Gasteiger partial charge is 0.497 e. The molecule has 0 spiro atoms. The molecule has 37 heavy (non-hydrogen) atoms. The molecular formula is C25H36N4O7S. The number of nitrogens with one attached hydrogen (secondary N) is 4. The number of ether oxygens (including phenoxy) is 4. The van der Waals surface area contributed by atoms with Crippen LogP contribution < -0.4 is 26.0 Å². The smallest absolute Gasteiger partial charge is 0.315 e. The summed E-state index contributed by atoms with van der Waals surface area (Å²) in [5.74, 6) is 3.02. The maximum Gasteiger partial charge on any atom is 0.315 e. The molecule has 1 aromatic carbocycles. The van der Waals surface area contributed by atoms with E-state index in [1.165, 1.54) is 11.8 Å². The Morgan fingerprint density at radius 3 is 2.54 bits per heavy atom. The summed E-state index contributed by atoms with van der Waals surface area (Å²) < 4.78 is 20.8. The molecule has 4 N–H and O–H groups in total. The summed E-state index contributed by atoms with van der Waals surface area (Å²) in [7, 11) is 1.60. The second-order valence-corrected chi connectivity index (χ2v) is 9.16. The molecule has 1 heterocycles. The maximum absolute atomic E-state index is 12.3. The van der Waals surface area contributed by atoms with Crippen molar-refractivity contribution in [1.82, 2.24) is 21.3 Å². The topological polar surface area (TPSA) is 136 Å². The Labute approximate surface area is 222 Å². The van der Waals surface area contributed by atoms with Crippen molar-refractivity contribution in [3.05, 3.63) is 29.8 Å². The van der Waals surface area contributed by atoms with Gasteiger partial charge in [0.2, 0.25) is 11.8 Å². The Kier molecular flexibility index (Phi) is 15.0. The molecule has 2 atom stereocenters. The van der Waals surface area contributed by atoms with Crippen LogP contribution in [0.15, 0.2) is 24.3 Å². The summed E-state index contributed by atoms with van der Waals surface area (Å²) in [6.45, 7) is 2.95. The molecule has 2 unspecified atom stereocenters. The molecule has 4 amide bonds. The predicted octanol–water partition coefficient (Wildman–Crippen LogP) is 0.489. The molecular weight excluding hydrogens is 500 g/mol. The van der Waals surface area contributed by atoms with Gasteiger partial charge in [-0.1, -0.05) is 18.1 Å². The number of terminal acetylenes is 1. The van der Waals surface area contributed by atoms with Gasteiger partial charge in [0.05, 0.1) is 44.7 Å². The van der Waals surface area contributed by atoms with Gasteiger partial charge in [-0.25, -0.2) is 4.79 Å². The van der Waals surface area contributed by atoms with Crippen molar-refractivity contribution in [2.24, 2.45) is 5.92 Å². The Hall–Kier alpha value is -2.98. The molecule has 204 valence electrons. The molecule has 2 rings (SSSR count). The van der Waals surface area contributed by atoms with Crippen LogP contribution in [0.1, 0.15) is 12.0 Å². The predicted molar refractivity (Wildman–Crippen MR) is 140 cm³/mol. The SMILES string of the molecule is C#CCOCCOCCOCC(=O)NCCC1CNC(=O)NC1SCC(=O)NCc1ccc(OC)cc1. The van der Waals surface area contributed by atoms with Gasteiger partial charge in [-0.2, -0.15) is 0 Å². The lowest BCUT2D eigenvalue weighted by atomic mass is 10.0. The standard InChI is InChI=1S/C25H36N4O7S/c1-3-10-34-11-12-35-13-14-36-17-22(30)26-9-8-20-16-28-25(32)29-24(20)37-18-23(31)27-15-19-4-6-21(33-2)7-5-19/h1,4-7,20,24H,8-18H2,2H3,(H,26,30)(H,27,31)(H2,28,29,32). The summed E-state index contributed by atoms with van der Waals surface area (Å²) >= 11 is 1.37. The van der Waals surface area contributed by atoms with Crippen LogP contribution in [0.2, 0.25) is 0 Å². The Morgan fingerprint density at radius 1 is 1.08 bits per heavy atom. The Balaban J connectivity index is 1.59. The zero-order valence-corrected chi connectivity index (χ0v) is 21.9. The van der Waals surface area contributed by atoms with Crippen molar-refractivity contribution in [3.63, 3.8) is 0 Å². The minimum atomic E-state index is -0.269. The van der Waals surface area contributed by atoms with Gasteiger partial charge >= 0.3 is 6.03 Å². The fourth-order valence-electron chi connectivity index (χ4n) is 3.30. The van der Waals surface area contributed by atoms with E-state index >= 15 is 0 Å². The van der Waals surface area contributed by atoms with Crippen molar-refractivity contribution >= 4 is 29.6 Å². The average Bonchev–Trinajstić information content (AvgIpc) is 2.91. The minimum absolute atomic E-state index is 0.0448. The van der Waals surface area contributed by atoms with Gasteiger partial charge in [0, 0.05) is 25.6 Å². The number of methoxy groups -OCH3 is 1. The van der Waals surface area contributed by atoms with Gasteiger partial charge < -0.3 is 40.2 Å². The van der Waals surface area contributed by atoms with E-state index in [1.807, 2.05) is 24.3 Å². The molecule has 1 aliphatic heterocycles. The molecule has 0 aliphatic carbocycles. The Bertz CT molecular complexity index is 879. The molecule has 0 bridgehead atoms. The van der Waals surface area contributed by atoms with Crippen LogP contribution in [0.3, 0.4) is 0 Å². The summed E-state index contributed by atoms with van der Waals surface area (Å²) in [5, 5.41) is 11.1. The van der Waals surface area contributed by atoms with E-state index in [0.717, 1.165) is 11.3 Å². The van der Waals surface area contributed by atoms with Gasteiger partial charge in [-0.05, 0) is 24.1 Å². The van der Waals surface area contributed by atoms with Crippen molar-refractivity contribution in [2.75, 3.05) is 65.6 Å². The summed E-state index contributed by atoms with van der Waals surface area (Å²) in [4.78, 5) is 36.1. The quantitative estimate of drug-likeness (QED) is 0.157. The Morgan fingerprint density at radius 2 is 1.81 bits per heavy atom. The van der Waals surface area contributed by atoms with Gasteiger partial charge in [0.25, 0.3) is 0 Å². The summed E-state index contributed by atoms with van der Waals surface area (Å²) in [5.41, 5.74) is 0.963. The van der Waals surface area contributed by atoms with E-state index in [1.54, 1.807) is 7.11 Å². The molecule has 12 heteroatoms. The first kappa shape index (κ1) is 30.2. The lowest BCUT2D eigenvalue weighted by Crippen LogP contribution is -2.54. The van der Waals surface area contributed by atoms with E-state index in [2.05, 4.69) is 27.2 Å². The number of carbonyl (C=O) groups excluding carboxylic acids is 3. The van der Waals surface area contributed by atoms with E-state index in [-0.39, 0.29) is 48.1 Å². The molecule has 0 aromatic heterocycles. The number of urea groups is 1. The first-order chi connectivity index (χ1) is 18.0. The van der Waals surface area contributed by atoms with Gasteiger partial charge in [0.1, 0.15) is 19.0 Å². The summed E-state index contributed by atoms with van der Waals surface area (Å²) in [6.07, 6.45) is 5.70. The molecule has 0 saturated carbocycles. The van der Waals surface area contributed by atoms with Crippen LogP contribution in [-0.2, 0) is 30.3 Å².